The molecule has 0 amide bonds. The molecule has 1 N–H and O–H groups in total. The summed E-state index contributed by atoms with van der Waals surface area (Å²) in [6, 6.07) is 9.97. The van der Waals surface area contributed by atoms with Gasteiger partial charge in [0.2, 0.25) is 0 Å². The van der Waals surface area contributed by atoms with E-state index >= 15 is 0 Å². The maximum absolute atomic E-state index is 9.69. The molecule has 0 saturated heterocycles. The first-order valence-electron chi connectivity index (χ1n) is 18.8. The van der Waals surface area contributed by atoms with Crippen LogP contribution < -0.4 is 0 Å². The number of hydrogen-bond acceptors (Lipinski definition) is 2. The summed E-state index contributed by atoms with van der Waals surface area (Å²) >= 11 is 0. The second kappa shape index (κ2) is 17.0. The number of ether oxygens (including phenoxy) is 1. The lowest BCUT2D eigenvalue weighted by Crippen LogP contribution is -2.32. The molecule has 0 heterocycles. The molecule has 5 rings (SSSR count). The van der Waals surface area contributed by atoms with Crippen molar-refractivity contribution >= 4 is 0 Å². The molecule has 42 heavy (non-hydrogen) atoms. The highest BCUT2D eigenvalue weighted by molar-refractivity contribution is 5.26. The Morgan fingerprint density at radius 3 is 1.93 bits per heavy atom. The first-order chi connectivity index (χ1) is 20.6. The Balaban J connectivity index is 0.982. The summed E-state index contributed by atoms with van der Waals surface area (Å²) < 4.78 is 5.34. The second-order valence-corrected chi connectivity index (χ2v) is 15.8. The van der Waals surface area contributed by atoms with Crippen LogP contribution in [0.1, 0.15) is 152 Å². The molecule has 4 saturated carbocycles. The predicted octanol–water partition coefficient (Wildman–Crippen LogP) is 10.8. The summed E-state index contributed by atoms with van der Waals surface area (Å²) in [7, 11) is 1.77. The van der Waals surface area contributed by atoms with E-state index in [0.29, 0.717) is 12.5 Å². The molecule has 238 valence electrons. The van der Waals surface area contributed by atoms with Crippen molar-refractivity contribution in [2.45, 2.75) is 148 Å². The summed E-state index contributed by atoms with van der Waals surface area (Å²) in [6.45, 7) is 3.33. The van der Waals surface area contributed by atoms with E-state index in [1.54, 1.807) is 18.2 Å². The number of benzene rings is 1. The van der Waals surface area contributed by atoms with Crippen LogP contribution in [0, 0.1) is 47.3 Å². The minimum atomic E-state index is 0.280. The van der Waals surface area contributed by atoms with E-state index in [2.05, 4.69) is 31.2 Å². The molecule has 0 spiro atoms. The molecule has 0 aliphatic heterocycles. The molecule has 1 aromatic carbocycles. The summed E-state index contributed by atoms with van der Waals surface area (Å²) in [4.78, 5) is 0. The zero-order chi connectivity index (χ0) is 29.1. The fourth-order valence-corrected chi connectivity index (χ4v) is 10.3. The Morgan fingerprint density at radius 1 is 0.690 bits per heavy atom. The van der Waals surface area contributed by atoms with Gasteiger partial charge in [-0.15, -0.1) is 0 Å². The Hall–Kier alpha value is -0.860. The third-order valence-electron chi connectivity index (χ3n) is 13.0. The average Bonchev–Trinajstić information content (AvgIpc) is 3.04. The number of methoxy groups -OCH3 is 1. The molecule has 5 atom stereocenters. The Morgan fingerprint density at radius 2 is 1.29 bits per heavy atom. The van der Waals surface area contributed by atoms with E-state index in [1.807, 2.05) is 0 Å². The minimum absolute atomic E-state index is 0.280. The van der Waals surface area contributed by atoms with Gasteiger partial charge in [0, 0.05) is 19.6 Å². The Labute approximate surface area is 260 Å². The van der Waals surface area contributed by atoms with Gasteiger partial charge in [0.25, 0.3) is 0 Å². The molecule has 5 unspecified atom stereocenters. The number of fused-ring (bicyclic) bond motifs is 1. The molecule has 4 aliphatic rings. The van der Waals surface area contributed by atoms with Gasteiger partial charge >= 0.3 is 0 Å². The van der Waals surface area contributed by atoms with Crippen molar-refractivity contribution in [2.75, 3.05) is 20.3 Å². The summed E-state index contributed by atoms with van der Waals surface area (Å²) in [5.41, 5.74) is 3.20. The van der Waals surface area contributed by atoms with Crippen molar-refractivity contribution < 1.29 is 9.84 Å². The number of unbranched alkanes of at least 4 members (excludes halogenated alkanes) is 2. The standard InChI is InChI=1S/C40H66O2/c1-3-4-5-6-30-9-15-35(16-10-30)37-21-23-38(24-22-37)36-17-11-31(12-18-36)7-8-32-13-19-40-27-33(14-20-39(40)26-32)25-34(28-41)29-42-2/h11-12,17-18,30,32-35,37-41H,3-10,13-16,19-29H2,1-2H3. The first-order valence-corrected chi connectivity index (χ1v) is 18.8. The van der Waals surface area contributed by atoms with Gasteiger partial charge in [-0.05, 0) is 142 Å². The quantitative estimate of drug-likeness (QED) is 0.222. The van der Waals surface area contributed by atoms with Gasteiger partial charge in [-0.3, -0.25) is 0 Å². The lowest BCUT2D eigenvalue weighted by Gasteiger charge is -2.43. The summed E-state index contributed by atoms with van der Waals surface area (Å²) in [5, 5.41) is 9.69. The van der Waals surface area contributed by atoms with Crippen LogP contribution in [0.3, 0.4) is 0 Å². The van der Waals surface area contributed by atoms with Gasteiger partial charge in [-0.25, -0.2) is 0 Å². The van der Waals surface area contributed by atoms with Crippen molar-refractivity contribution in [3.63, 3.8) is 0 Å². The third kappa shape index (κ3) is 9.32. The van der Waals surface area contributed by atoms with E-state index in [9.17, 15) is 5.11 Å². The van der Waals surface area contributed by atoms with Gasteiger partial charge < -0.3 is 9.84 Å². The van der Waals surface area contributed by atoms with Gasteiger partial charge in [0.15, 0.2) is 0 Å². The molecule has 4 aliphatic carbocycles. The van der Waals surface area contributed by atoms with E-state index in [1.165, 1.54) is 128 Å². The number of aliphatic hydroxyl groups excluding tert-OH is 1. The van der Waals surface area contributed by atoms with E-state index in [0.717, 1.165) is 53.8 Å². The molecule has 0 radical (unpaired) electrons. The van der Waals surface area contributed by atoms with E-state index in [-0.39, 0.29) is 6.61 Å². The molecule has 1 aromatic rings. The fourth-order valence-electron chi connectivity index (χ4n) is 10.3. The van der Waals surface area contributed by atoms with Crippen molar-refractivity contribution in [2.24, 2.45) is 47.3 Å². The third-order valence-corrected chi connectivity index (χ3v) is 13.0. The topological polar surface area (TPSA) is 29.5 Å². The first kappa shape index (κ1) is 32.5. The zero-order valence-electron chi connectivity index (χ0n) is 27.6. The number of hydrogen-bond donors (Lipinski definition) is 1. The van der Waals surface area contributed by atoms with Gasteiger partial charge in [0.1, 0.15) is 0 Å². The maximum Gasteiger partial charge on any atom is 0.0512 e. The highest BCUT2D eigenvalue weighted by Crippen LogP contribution is 2.47. The second-order valence-electron chi connectivity index (χ2n) is 15.8. The lowest BCUT2D eigenvalue weighted by molar-refractivity contribution is 0.0576. The normalized spacial score (nSPS) is 34.5. The molecule has 0 bridgehead atoms. The highest BCUT2D eigenvalue weighted by atomic mass is 16.5. The number of aliphatic hydroxyl groups is 1. The minimum Gasteiger partial charge on any atom is -0.396 e. The van der Waals surface area contributed by atoms with E-state index in [4.69, 9.17) is 4.74 Å². The van der Waals surface area contributed by atoms with Gasteiger partial charge in [0.05, 0.1) is 6.61 Å². The molecular weight excluding hydrogens is 512 g/mol. The maximum atomic E-state index is 9.69. The van der Waals surface area contributed by atoms with Crippen molar-refractivity contribution in [3.05, 3.63) is 35.4 Å². The summed E-state index contributed by atoms with van der Waals surface area (Å²) in [5.74, 6) is 7.92. The number of aryl methyl sites for hydroxylation is 1. The smallest absolute Gasteiger partial charge is 0.0512 e. The van der Waals surface area contributed by atoms with Crippen LogP contribution in [-0.2, 0) is 11.2 Å². The van der Waals surface area contributed by atoms with Crippen LogP contribution in [0.15, 0.2) is 24.3 Å². The van der Waals surface area contributed by atoms with Crippen LogP contribution >= 0.6 is 0 Å². The number of rotatable bonds is 14. The Bertz CT molecular complexity index is 862. The molecule has 2 heteroatoms. The van der Waals surface area contributed by atoms with Crippen LogP contribution in [0.2, 0.25) is 0 Å². The average molecular weight is 579 g/mol. The van der Waals surface area contributed by atoms with Crippen molar-refractivity contribution in [1.29, 1.82) is 0 Å². The SMILES string of the molecule is CCCCCC1CCC(C2CCC(c3ccc(CCC4CCC5CC(CC(CO)COC)CCC5C4)cc3)CC2)CC1. The van der Waals surface area contributed by atoms with Crippen LogP contribution in [-0.4, -0.2) is 25.4 Å². The molecule has 0 aromatic heterocycles. The highest BCUT2D eigenvalue weighted by Gasteiger charge is 2.36. The zero-order valence-corrected chi connectivity index (χ0v) is 27.6. The van der Waals surface area contributed by atoms with Gasteiger partial charge in [-0.2, -0.15) is 0 Å². The molecule has 4 fully saturated rings. The van der Waals surface area contributed by atoms with Gasteiger partial charge in [-0.1, -0.05) is 82.6 Å². The van der Waals surface area contributed by atoms with Crippen LogP contribution in [0.25, 0.3) is 0 Å². The van der Waals surface area contributed by atoms with Crippen molar-refractivity contribution in [3.8, 4) is 0 Å². The largest absolute Gasteiger partial charge is 0.396 e. The molecule has 2 nitrogen and oxygen atoms in total. The van der Waals surface area contributed by atoms with Crippen molar-refractivity contribution in [1.82, 2.24) is 0 Å². The lowest BCUT2D eigenvalue weighted by atomic mass is 9.63. The van der Waals surface area contributed by atoms with Crippen LogP contribution in [0.5, 0.6) is 0 Å². The molecular formula is C40H66O2. The summed E-state index contributed by atoms with van der Waals surface area (Å²) in [6.07, 6.45) is 30.1. The fraction of sp³-hybridized carbons (Fsp3) is 0.850. The predicted molar refractivity (Wildman–Crippen MR) is 178 cm³/mol. The Kier molecular flexibility index (Phi) is 13.2. The monoisotopic (exact) mass is 579 g/mol. The van der Waals surface area contributed by atoms with E-state index < -0.39 is 0 Å². The van der Waals surface area contributed by atoms with Crippen LogP contribution in [0.4, 0.5) is 0 Å².